The topological polar surface area (TPSA) is 49.8 Å². The number of nitrogens with zero attached hydrogens (tertiary/aromatic N) is 1. The van der Waals surface area contributed by atoms with Crippen LogP contribution in [0.2, 0.25) is 0 Å². The number of rotatable bonds is 6. The number of halogens is 4. The van der Waals surface area contributed by atoms with E-state index in [4.69, 9.17) is 9.84 Å². The molecule has 0 bridgehead atoms. The number of alkyl halides is 3. The minimum atomic E-state index is -4.63. The lowest BCUT2D eigenvalue weighted by atomic mass is 10.1. The zero-order valence-electron chi connectivity index (χ0n) is 12.0. The first-order chi connectivity index (χ1) is 10.8. The number of benzene rings is 1. The summed E-state index contributed by atoms with van der Waals surface area (Å²) in [5.41, 5.74) is -1.22. The van der Waals surface area contributed by atoms with Crippen LogP contribution in [0.1, 0.15) is 16.5 Å². The van der Waals surface area contributed by atoms with Crippen LogP contribution in [0, 0.1) is 5.82 Å². The number of hydrogen-bond donors (Lipinski definition) is 1. The second-order valence-electron chi connectivity index (χ2n) is 4.82. The summed E-state index contributed by atoms with van der Waals surface area (Å²) in [6, 6.07) is 2.26. The molecule has 1 saturated heterocycles. The second-order valence-corrected chi connectivity index (χ2v) is 5.88. The lowest BCUT2D eigenvalue weighted by molar-refractivity contribution is -0.139. The molecule has 2 rings (SSSR count). The van der Waals surface area contributed by atoms with Crippen LogP contribution in [-0.4, -0.2) is 48.0 Å². The SMILES string of the molecule is O=C1CSC(c2cc(F)ccc2C(F)(F)F)N1CCOCCO. The fourth-order valence-electron chi connectivity index (χ4n) is 2.28. The predicted molar refractivity (Wildman–Crippen MR) is 76.2 cm³/mol. The summed E-state index contributed by atoms with van der Waals surface area (Å²) >= 11 is 1.02. The molecule has 128 valence electrons. The van der Waals surface area contributed by atoms with Crippen LogP contribution in [0.3, 0.4) is 0 Å². The molecule has 1 amide bonds. The molecule has 1 aromatic carbocycles. The van der Waals surface area contributed by atoms with E-state index in [1.807, 2.05) is 0 Å². The van der Waals surface area contributed by atoms with Crippen molar-refractivity contribution < 1.29 is 32.2 Å². The maximum atomic E-state index is 13.4. The van der Waals surface area contributed by atoms with E-state index in [1.165, 1.54) is 4.90 Å². The van der Waals surface area contributed by atoms with Crippen molar-refractivity contribution in [1.29, 1.82) is 0 Å². The van der Waals surface area contributed by atoms with Crippen LogP contribution < -0.4 is 0 Å². The van der Waals surface area contributed by atoms with Gasteiger partial charge in [-0.05, 0) is 23.8 Å². The molecule has 1 aliphatic heterocycles. The summed E-state index contributed by atoms with van der Waals surface area (Å²) in [6.45, 7) is 0.0478. The van der Waals surface area contributed by atoms with Crippen molar-refractivity contribution in [3.05, 3.63) is 35.1 Å². The molecule has 1 heterocycles. The van der Waals surface area contributed by atoms with Gasteiger partial charge in [0.15, 0.2) is 0 Å². The van der Waals surface area contributed by atoms with E-state index in [2.05, 4.69) is 0 Å². The molecule has 9 heteroatoms. The van der Waals surface area contributed by atoms with Crippen molar-refractivity contribution in [1.82, 2.24) is 4.90 Å². The van der Waals surface area contributed by atoms with Gasteiger partial charge < -0.3 is 14.7 Å². The molecular formula is C14H15F4NO3S. The maximum Gasteiger partial charge on any atom is 0.416 e. The molecule has 0 aromatic heterocycles. The largest absolute Gasteiger partial charge is 0.416 e. The summed E-state index contributed by atoms with van der Waals surface area (Å²) in [4.78, 5) is 13.1. The molecule has 1 aliphatic rings. The summed E-state index contributed by atoms with van der Waals surface area (Å²) in [5.74, 6) is -1.09. The zero-order chi connectivity index (χ0) is 17.0. The molecule has 1 N–H and O–H groups in total. The number of hydrogen-bond acceptors (Lipinski definition) is 4. The van der Waals surface area contributed by atoms with Crippen LogP contribution in [0.4, 0.5) is 17.6 Å². The molecule has 1 atom stereocenters. The van der Waals surface area contributed by atoms with Crippen LogP contribution in [-0.2, 0) is 15.7 Å². The highest BCUT2D eigenvalue weighted by molar-refractivity contribution is 8.00. The van der Waals surface area contributed by atoms with Crippen molar-refractivity contribution in [2.24, 2.45) is 0 Å². The van der Waals surface area contributed by atoms with Gasteiger partial charge in [-0.1, -0.05) is 0 Å². The Bertz CT molecular complexity index is 567. The molecule has 0 saturated carbocycles. The normalized spacial score (nSPS) is 18.7. The lowest BCUT2D eigenvalue weighted by Crippen LogP contribution is -2.32. The van der Waals surface area contributed by atoms with Gasteiger partial charge in [0.2, 0.25) is 5.91 Å². The number of aliphatic hydroxyl groups excluding tert-OH is 1. The van der Waals surface area contributed by atoms with Crippen LogP contribution >= 0.6 is 11.8 Å². The quantitative estimate of drug-likeness (QED) is 0.630. The minimum Gasteiger partial charge on any atom is -0.394 e. The van der Waals surface area contributed by atoms with Gasteiger partial charge in [-0.2, -0.15) is 13.2 Å². The highest BCUT2D eigenvalue weighted by Crippen LogP contribution is 2.44. The third kappa shape index (κ3) is 4.36. The summed E-state index contributed by atoms with van der Waals surface area (Å²) in [7, 11) is 0. The van der Waals surface area contributed by atoms with E-state index in [0.717, 1.165) is 23.9 Å². The van der Waals surface area contributed by atoms with Crippen molar-refractivity contribution in [3.63, 3.8) is 0 Å². The van der Waals surface area contributed by atoms with Crippen LogP contribution in [0.5, 0.6) is 0 Å². The molecule has 1 aromatic rings. The Labute approximate surface area is 134 Å². The predicted octanol–water partition coefficient (Wildman–Crippen LogP) is 2.43. The number of thioether (sulfide) groups is 1. The Morgan fingerprint density at radius 1 is 1.35 bits per heavy atom. The highest BCUT2D eigenvalue weighted by atomic mass is 32.2. The van der Waals surface area contributed by atoms with Gasteiger partial charge in [-0.25, -0.2) is 4.39 Å². The maximum absolute atomic E-state index is 13.4. The number of ether oxygens (including phenoxy) is 1. The molecular weight excluding hydrogens is 338 g/mol. The van der Waals surface area contributed by atoms with Gasteiger partial charge in [-0.3, -0.25) is 4.79 Å². The molecule has 1 fully saturated rings. The average Bonchev–Trinajstić information content (AvgIpc) is 2.83. The third-order valence-electron chi connectivity index (χ3n) is 3.27. The molecule has 0 spiro atoms. The fourth-order valence-corrected chi connectivity index (χ4v) is 3.52. The number of amides is 1. The second kappa shape index (κ2) is 7.50. The summed E-state index contributed by atoms with van der Waals surface area (Å²) in [5, 5.41) is 7.71. The van der Waals surface area contributed by atoms with Gasteiger partial charge in [0.1, 0.15) is 11.2 Å². The van der Waals surface area contributed by atoms with Crippen molar-refractivity contribution in [2.45, 2.75) is 11.6 Å². The third-order valence-corrected chi connectivity index (χ3v) is 4.50. The Morgan fingerprint density at radius 2 is 2.09 bits per heavy atom. The fraction of sp³-hybridized carbons (Fsp3) is 0.500. The minimum absolute atomic E-state index is 0.0263. The van der Waals surface area contributed by atoms with Crippen molar-refractivity contribution in [3.8, 4) is 0 Å². The Hall–Kier alpha value is -1.32. The van der Waals surface area contributed by atoms with E-state index in [-0.39, 0.29) is 43.6 Å². The average molecular weight is 353 g/mol. The van der Waals surface area contributed by atoms with E-state index >= 15 is 0 Å². The number of carbonyl (C=O) groups excluding carboxylic acids is 1. The van der Waals surface area contributed by atoms with E-state index in [0.29, 0.717) is 6.07 Å². The van der Waals surface area contributed by atoms with Gasteiger partial charge >= 0.3 is 6.18 Å². The molecule has 23 heavy (non-hydrogen) atoms. The smallest absolute Gasteiger partial charge is 0.394 e. The van der Waals surface area contributed by atoms with Crippen molar-refractivity contribution in [2.75, 3.05) is 32.1 Å². The molecule has 4 nitrogen and oxygen atoms in total. The van der Waals surface area contributed by atoms with E-state index in [9.17, 15) is 22.4 Å². The molecule has 0 aliphatic carbocycles. The monoisotopic (exact) mass is 353 g/mol. The van der Waals surface area contributed by atoms with Gasteiger partial charge in [-0.15, -0.1) is 11.8 Å². The van der Waals surface area contributed by atoms with Gasteiger partial charge in [0, 0.05) is 6.54 Å². The van der Waals surface area contributed by atoms with Crippen LogP contribution in [0.15, 0.2) is 18.2 Å². The number of aliphatic hydroxyl groups is 1. The Balaban J connectivity index is 2.25. The van der Waals surface area contributed by atoms with E-state index in [1.54, 1.807) is 0 Å². The van der Waals surface area contributed by atoms with E-state index < -0.39 is 22.9 Å². The summed E-state index contributed by atoms with van der Waals surface area (Å²) in [6.07, 6.45) is -4.63. The van der Waals surface area contributed by atoms with Crippen molar-refractivity contribution >= 4 is 17.7 Å². The summed E-state index contributed by atoms with van der Waals surface area (Å²) < 4.78 is 57.8. The first-order valence-electron chi connectivity index (χ1n) is 6.81. The molecule has 1 unspecified atom stereocenters. The first kappa shape index (κ1) is 18.0. The number of carbonyl (C=O) groups is 1. The standard InChI is InChI=1S/C14H15F4NO3S/c15-9-1-2-11(14(16,17)18)10(7-9)13-19(12(21)8-23-13)3-5-22-6-4-20/h1-2,7,13,20H,3-6,8H2. The lowest BCUT2D eigenvalue weighted by Gasteiger charge is -2.26. The van der Waals surface area contributed by atoms with Gasteiger partial charge in [0.25, 0.3) is 0 Å². The zero-order valence-corrected chi connectivity index (χ0v) is 12.8. The first-order valence-corrected chi connectivity index (χ1v) is 7.86. The molecule has 0 radical (unpaired) electrons. The highest BCUT2D eigenvalue weighted by Gasteiger charge is 2.40. The van der Waals surface area contributed by atoms with Crippen LogP contribution in [0.25, 0.3) is 0 Å². The Morgan fingerprint density at radius 3 is 2.74 bits per heavy atom. The van der Waals surface area contributed by atoms with Gasteiger partial charge in [0.05, 0.1) is 31.1 Å². The Kier molecular flexibility index (Phi) is 5.88.